The second kappa shape index (κ2) is 8.38. The third kappa shape index (κ3) is 3.94. The van der Waals surface area contributed by atoms with Crippen molar-refractivity contribution in [1.82, 2.24) is 24.1 Å². The molecule has 0 bridgehead atoms. The first-order valence-electron chi connectivity index (χ1n) is 10.9. The average molecular weight is 434 g/mol. The predicted molar refractivity (Wildman–Crippen MR) is 124 cm³/mol. The molecule has 0 saturated carbocycles. The standard InChI is InChI=1S/C24H27N5OS/c1-17-9-11-19(12-10-17)15-28-20-7-3-4-8-21(20)29-23(28)25-26-24(29)31-16-22(30)27-13-5-6-18(2)14-27/h3-4,7-12,18H,5-6,13-16H2,1-2H3/t18-/m0/s1. The van der Waals surface area contributed by atoms with Crippen LogP contribution in [-0.4, -0.2) is 48.8 Å². The van der Waals surface area contributed by atoms with Gasteiger partial charge < -0.3 is 9.47 Å². The third-order valence-corrected chi connectivity index (χ3v) is 6.98. The number of hydrogen-bond acceptors (Lipinski definition) is 4. The Morgan fingerprint density at radius 2 is 1.87 bits per heavy atom. The molecule has 1 aliphatic heterocycles. The van der Waals surface area contributed by atoms with Crippen LogP contribution in [0, 0.1) is 12.8 Å². The summed E-state index contributed by atoms with van der Waals surface area (Å²) in [6.07, 6.45) is 2.31. The predicted octanol–water partition coefficient (Wildman–Crippen LogP) is 4.39. The van der Waals surface area contributed by atoms with Gasteiger partial charge in [0.1, 0.15) is 0 Å². The molecular formula is C24H27N5OS. The molecule has 0 N–H and O–H groups in total. The van der Waals surface area contributed by atoms with Gasteiger partial charge in [0.15, 0.2) is 5.16 Å². The number of amides is 1. The van der Waals surface area contributed by atoms with Gasteiger partial charge in [0.2, 0.25) is 11.7 Å². The summed E-state index contributed by atoms with van der Waals surface area (Å²) in [7, 11) is 0. The van der Waals surface area contributed by atoms with Crippen molar-refractivity contribution in [1.29, 1.82) is 0 Å². The summed E-state index contributed by atoms with van der Waals surface area (Å²) in [5.74, 6) is 1.98. The zero-order chi connectivity index (χ0) is 21.4. The van der Waals surface area contributed by atoms with Gasteiger partial charge in [-0.1, -0.05) is 60.6 Å². The number of aryl methyl sites for hydroxylation is 1. The number of aromatic nitrogens is 4. The maximum Gasteiger partial charge on any atom is 0.237 e. The fourth-order valence-corrected chi connectivity index (χ4v) is 5.24. The van der Waals surface area contributed by atoms with Crippen molar-refractivity contribution in [2.75, 3.05) is 18.8 Å². The maximum absolute atomic E-state index is 12.8. The topological polar surface area (TPSA) is 55.4 Å². The van der Waals surface area contributed by atoms with Crippen LogP contribution in [-0.2, 0) is 11.3 Å². The number of rotatable bonds is 5. The van der Waals surface area contributed by atoms with E-state index in [0.29, 0.717) is 11.7 Å². The number of nitrogens with zero attached hydrogens (tertiary/aromatic N) is 5. The zero-order valence-corrected chi connectivity index (χ0v) is 18.8. The van der Waals surface area contributed by atoms with Gasteiger partial charge in [0.25, 0.3) is 0 Å². The van der Waals surface area contributed by atoms with Crippen LogP contribution in [0.3, 0.4) is 0 Å². The molecule has 1 saturated heterocycles. The summed E-state index contributed by atoms with van der Waals surface area (Å²) in [4.78, 5) is 14.8. The Balaban J connectivity index is 1.44. The smallest absolute Gasteiger partial charge is 0.237 e. The largest absolute Gasteiger partial charge is 0.342 e. The van der Waals surface area contributed by atoms with Gasteiger partial charge in [-0.3, -0.25) is 9.20 Å². The highest BCUT2D eigenvalue weighted by Crippen LogP contribution is 2.27. The number of hydrogen-bond donors (Lipinski definition) is 0. The van der Waals surface area contributed by atoms with Crippen molar-refractivity contribution in [2.24, 2.45) is 5.92 Å². The molecule has 0 aliphatic carbocycles. The molecule has 4 aromatic rings. The molecule has 1 aliphatic rings. The molecule has 1 atom stereocenters. The van der Waals surface area contributed by atoms with Crippen LogP contribution in [0.4, 0.5) is 0 Å². The lowest BCUT2D eigenvalue weighted by atomic mass is 10.0. The number of para-hydroxylation sites is 2. The minimum atomic E-state index is 0.191. The molecule has 0 unspecified atom stereocenters. The highest BCUT2D eigenvalue weighted by Gasteiger charge is 2.23. The Bertz CT molecular complexity index is 1230. The van der Waals surface area contributed by atoms with E-state index in [1.165, 1.54) is 29.3 Å². The van der Waals surface area contributed by atoms with Gasteiger partial charge >= 0.3 is 0 Å². The Hall–Kier alpha value is -2.80. The molecule has 5 rings (SSSR count). The van der Waals surface area contributed by atoms with Crippen LogP contribution >= 0.6 is 11.8 Å². The minimum absolute atomic E-state index is 0.191. The maximum atomic E-state index is 12.8. The molecule has 1 amide bonds. The molecule has 31 heavy (non-hydrogen) atoms. The van der Waals surface area contributed by atoms with Crippen LogP contribution in [0.1, 0.15) is 30.9 Å². The van der Waals surface area contributed by atoms with Crippen LogP contribution in [0.15, 0.2) is 53.7 Å². The number of piperidine rings is 1. The molecule has 0 radical (unpaired) electrons. The number of imidazole rings is 1. The third-order valence-electron chi connectivity index (χ3n) is 6.07. The van der Waals surface area contributed by atoms with Gasteiger partial charge in [0.05, 0.1) is 23.3 Å². The van der Waals surface area contributed by atoms with E-state index in [4.69, 9.17) is 0 Å². The number of carbonyl (C=O) groups excluding carboxylic acids is 1. The highest BCUT2D eigenvalue weighted by molar-refractivity contribution is 7.99. The van der Waals surface area contributed by atoms with E-state index in [1.54, 1.807) is 0 Å². The van der Waals surface area contributed by atoms with Gasteiger partial charge in [0, 0.05) is 13.1 Å². The summed E-state index contributed by atoms with van der Waals surface area (Å²) >= 11 is 1.48. The molecule has 0 spiro atoms. The second-order valence-corrected chi connectivity index (χ2v) is 9.50. The lowest BCUT2D eigenvalue weighted by Crippen LogP contribution is -2.40. The van der Waals surface area contributed by atoms with Crippen molar-refractivity contribution in [3.05, 3.63) is 59.7 Å². The van der Waals surface area contributed by atoms with Crippen LogP contribution in [0.25, 0.3) is 16.8 Å². The van der Waals surface area contributed by atoms with Crippen molar-refractivity contribution in [3.63, 3.8) is 0 Å². The summed E-state index contributed by atoms with van der Waals surface area (Å²) < 4.78 is 4.28. The van der Waals surface area contributed by atoms with Gasteiger partial charge in [-0.05, 0) is 43.4 Å². The van der Waals surface area contributed by atoms with Gasteiger partial charge in [-0.25, -0.2) is 0 Å². The van der Waals surface area contributed by atoms with Gasteiger partial charge in [-0.15, -0.1) is 10.2 Å². The first kappa shape index (κ1) is 20.1. The van der Waals surface area contributed by atoms with E-state index in [-0.39, 0.29) is 5.91 Å². The number of fused-ring (bicyclic) bond motifs is 3. The van der Waals surface area contributed by atoms with E-state index in [1.807, 2.05) is 11.0 Å². The van der Waals surface area contributed by atoms with E-state index >= 15 is 0 Å². The Labute approximate surface area is 186 Å². The number of thioether (sulfide) groups is 1. The van der Waals surface area contributed by atoms with Crippen molar-refractivity contribution in [3.8, 4) is 0 Å². The molecule has 160 valence electrons. The fourth-order valence-electron chi connectivity index (χ4n) is 4.40. The molecular weight excluding hydrogens is 406 g/mol. The highest BCUT2D eigenvalue weighted by atomic mass is 32.2. The monoisotopic (exact) mass is 433 g/mol. The van der Waals surface area contributed by atoms with E-state index in [0.717, 1.165) is 48.0 Å². The molecule has 3 heterocycles. The average Bonchev–Trinajstić information content (AvgIpc) is 3.33. The Morgan fingerprint density at radius 3 is 2.65 bits per heavy atom. The quantitative estimate of drug-likeness (QED) is 0.438. The molecule has 7 heteroatoms. The van der Waals surface area contributed by atoms with E-state index in [2.05, 4.69) is 75.5 Å². The second-order valence-electron chi connectivity index (χ2n) is 8.55. The Morgan fingerprint density at radius 1 is 1.10 bits per heavy atom. The first-order valence-corrected chi connectivity index (χ1v) is 11.9. The summed E-state index contributed by atoms with van der Waals surface area (Å²) in [6, 6.07) is 16.9. The Kier molecular flexibility index (Phi) is 5.44. The zero-order valence-electron chi connectivity index (χ0n) is 18.0. The summed E-state index contributed by atoms with van der Waals surface area (Å²) in [5, 5.41) is 9.71. The van der Waals surface area contributed by atoms with E-state index in [9.17, 15) is 4.79 Å². The normalized spacial score (nSPS) is 17.0. The SMILES string of the molecule is Cc1ccc(Cn2c3ccccc3n3c(SCC(=O)N4CCC[C@H](C)C4)nnc23)cc1. The minimum Gasteiger partial charge on any atom is -0.342 e. The lowest BCUT2D eigenvalue weighted by Gasteiger charge is -2.30. The number of benzene rings is 2. The van der Waals surface area contributed by atoms with Crippen molar-refractivity contribution in [2.45, 2.75) is 38.4 Å². The molecule has 2 aromatic heterocycles. The van der Waals surface area contributed by atoms with Crippen LogP contribution < -0.4 is 0 Å². The van der Waals surface area contributed by atoms with Gasteiger partial charge in [-0.2, -0.15) is 0 Å². The molecule has 1 fully saturated rings. The fraction of sp³-hybridized carbons (Fsp3) is 0.375. The molecule has 6 nitrogen and oxygen atoms in total. The van der Waals surface area contributed by atoms with E-state index < -0.39 is 0 Å². The van der Waals surface area contributed by atoms with Crippen LogP contribution in [0.2, 0.25) is 0 Å². The van der Waals surface area contributed by atoms with Crippen molar-refractivity contribution < 1.29 is 4.79 Å². The first-order chi connectivity index (χ1) is 15.1. The number of likely N-dealkylation sites (tertiary alicyclic amines) is 1. The molecule has 2 aromatic carbocycles. The van der Waals surface area contributed by atoms with Crippen LogP contribution in [0.5, 0.6) is 0 Å². The lowest BCUT2D eigenvalue weighted by molar-refractivity contribution is -0.130. The van der Waals surface area contributed by atoms with Crippen molar-refractivity contribution >= 4 is 34.5 Å². The summed E-state index contributed by atoms with van der Waals surface area (Å²) in [5.41, 5.74) is 4.66. The summed E-state index contributed by atoms with van der Waals surface area (Å²) in [6.45, 7) is 6.78. The number of carbonyl (C=O) groups is 1.